The fraction of sp³-hybridized carbons (Fsp3) is 0.222. The van der Waals surface area contributed by atoms with Crippen molar-refractivity contribution < 1.29 is 8.78 Å². The van der Waals surface area contributed by atoms with Crippen molar-refractivity contribution in [1.29, 1.82) is 0 Å². The van der Waals surface area contributed by atoms with Crippen LogP contribution in [0.25, 0.3) is 0 Å². The molecule has 1 aromatic rings. The maximum atomic E-state index is 12.9. The molecule has 0 radical (unpaired) electrons. The minimum atomic E-state index is -0.852. The second kappa shape index (κ2) is 3.25. The maximum Gasteiger partial charge on any atom is 0.189 e. The summed E-state index contributed by atoms with van der Waals surface area (Å²) in [5.41, 5.74) is 6.05. The highest BCUT2D eigenvalue weighted by atomic mass is 19.2. The van der Waals surface area contributed by atoms with E-state index in [0.29, 0.717) is 18.1 Å². The third-order valence-corrected chi connectivity index (χ3v) is 2.11. The van der Waals surface area contributed by atoms with Crippen LogP contribution in [-0.2, 0) is 0 Å². The molecule has 1 aliphatic rings. The first-order valence-electron chi connectivity index (χ1n) is 4.18. The third kappa shape index (κ3) is 1.53. The van der Waals surface area contributed by atoms with E-state index in [0.717, 1.165) is 12.1 Å². The Labute approximate surface area is 79.6 Å². The fourth-order valence-electron chi connectivity index (χ4n) is 1.38. The van der Waals surface area contributed by atoms with Gasteiger partial charge in [-0.05, 0) is 17.7 Å². The van der Waals surface area contributed by atoms with Crippen LogP contribution < -0.4 is 11.1 Å². The zero-order valence-electron chi connectivity index (χ0n) is 7.30. The summed E-state index contributed by atoms with van der Waals surface area (Å²) in [4.78, 5) is 3.91. The number of nitrogens with two attached hydrogens (primary N) is 1. The van der Waals surface area contributed by atoms with Crippen LogP contribution in [-0.4, -0.2) is 12.5 Å². The van der Waals surface area contributed by atoms with E-state index in [1.165, 1.54) is 6.07 Å². The van der Waals surface area contributed by atoms with Gasteiger partial charge in [0, 0.05) is 0 Å². The topological polar surface area (TPSA) is 50.4 Å². The first kappa shape index (κ1) is 8.93. The average Bonchev–Trinajstić information content (AvgIpc) is 2.57. The van der Waals surface area contributed by atoms with E-state index in [2.05, 4.69) is 10.3 Å². The minimum Gasteiger partial charge on any atom is -0.370 e. The number of guanidine groups is 1. The van der Waals surface area contributed by atoms with E-state index in [9.17, 15) is 8.78 Å². The molecule has 1 aromatic carbocycles. The molecule has 5 heteroatoms. The maximum absolute atomic E-state index is 12.9. The number of aliphatic imine (C=N–C) groups is 1. The van der Waals surface area contributed by atoms with Gasteiger partial charge in [-0.1, -0.05) is 6.07 Å². The monoisotopic (exact) mass is 197 g/mol. The van der Waals surface area contributed by atoms with Crippen LogP contribution in [0.15, 0.2) is 23.2 Å². The van der Waals surface area contributed by atoms with Crippen molar-refractivity contribution >= 4 is 5.96 Å². The minimum absolute atomic E-state index is 0.148. The molecule has 1 atom stereocenters. The molecule has 1 heterocycles. The lowest BCUT2D eigenvalue weighted by Gasteiger charge is -2.10. The van der Waals surface area contributed by atoms with Gasteiger partial charge in [0.25, 0.3) is 0 Å². The van der Waals surface area contributed by atoms with Gasteiger partial charge in [0.1, 0.15) is 0 Å². The van der Waals surface area contributed by atoms with Crippen LogP contribution in [0.5, 0.6) is 0 Å². The van der Waals surface area contributed by atoms with Gasteiger partial charge in [0.15, 0.2) is 17.6 Å². The van der Waals surface area contributed by atoms with Gasteiger partial charge in [-0.15, -0.1) is 0 Å². The molecule has 0 aromatic heterocycles. The average molecular weight is 197 g/mol. The molecule has 0 saturated carbocycles. The lowest BCUT2D eigenvalue weighted by molar-refractivity contribution is 0.505. The molecule has 0 spiro atoms. The van der Waals surface area contributed by atoms with E-state index in [4.69, 9.17) is 5.73 Å². The van der Waals surface area contributed by atoms with E-state index < -0.39 is 11.6 Å². The summed E-state index contributed by atoms with van der Waals surface area (Å²) in [6.07, 6.45) is 0. The number of halogens is 2. The van der Waals surface area contributed by atoms with Gasteiger partial charge in [0.2, 0.25) is 0 Å². The Kier molecular flexibility index (Phi) is 2.07. The van der Waals surface area contributed by atoms with Crippen LogP contribution >= 0.6 is 0 Å². The van der Waals surface area contributed by atoms with Crippen LogP contribution in [0, 0.1) is 11.6 Å². The van der Waals surface area contributed by atoms with Crippen molar-refractivity contribution in [2.45, 2.75) is 6.04 Å². The number of hydrogen-bond acceptors (Lipinski definition) is 3. The molecule has 74 valence electrons. The Bertz CT molecular complexity index is 390. The Balaban J connectivity index is 2.22. The number of nitrogens with one attached hydrogen (secondary N) is 1. The standard InChI is InChI=1S/C9H9F2N3/c10-6-2-1-5(3-7(6)11)8-4-13-9(12)14-8/h1-3,8H,4H2,(H3,12,13,14). The quantitative estimate of drug-likeness (QED) is 0.703. The summed E-state index contributed by atoms with van der Waals surface area (Å²) in [6.45, 7) is 0.455. The highest BCUT2D eigenvalue weighted by Crippen LogP contribution is 2.18. The predicted molar refractivity (Wildman–Crippen MR) is 48.7 cm³/mol. The van der Waals surface area contributed by atoms with Gasteiger partial charge in [-0.2, -0.15) is 0 Å². The van der Waals surface area contributed by atoms with E-state index in [-0.39, 0.29) is 6.04 Å². The van der Waals surface area contributed by atoms with Gasteiger partial charge < -0.3 is 11.1 Å². The number of benzene rings is 1. The number of rotatable bonds is 1. The highest BCUT2D eigenvalue weighted by Gasteiger charge is 2.18. The molecule has 0 bridgehead atoms. The van der Waals surface area contributed by atoms with Crippen molar-refractivity contribution in [3.63, 3.8) is 0 Å². The Morgan fingerprint density at radius 2 is 2.14 bits per heavy atom. The molecule has 3 N–H and O–H groups in total. The smallest absolute Gasteiger partial charge is 0.189 e. The van der Waals surface area contributed by atoms with Crippen molar-refractivity contribution in [1.82, 2.24) is 5.32 Å². The first-order valence-corrected chi connectivity index (χ1v) is 4.18. The summed E-state index contributed by atoms with van der Waals surface area (Å²) in [7, 11) is 0. The molecule has 2 rings (SSSR count). The van der Waals surface area contributed by atoms with Crippen LogP contribution in [0.1, 0.15) is 11.6 Å². The fourth-order valence-corrected chi connectivity index (χ4v) is 1.38. The molecular weight excluding hydrogens is 188 g/mol. The molecule has 1 unspecified atom stereocenters. The number of nitrogens with zero attached hydrogens (tertiary/aromatic N) is 1. The molecule has 0 amide bonds. The highest BCUT2D eigenvalue weighted by molar-refractivity contribution is 5.80. The Morgan fingerprint density at radius 1 is 1.36 bits per heavy atom. The number of hydrogen-bond donors (Lipinski definition) is 2. The molecular formula is C9H9F2N3. The summed E-state index contributed by atoms with van der Waals surface area (Å²) in [6, 6.07) is 3.62. The zero-order valence-corrected chi connectivity index (χ0v) is 7.30. The Morgan fingerprint density at radius 3 is 2.71 bits per heavy atom. The largest absolute Gasteiger partial charge is 0.370 e. The van der Waals surface area contributed by atoms with Gasteiger partial charge >= 0.3 is 0 Å². The van der Waals surface area contributed by atoms with Crippen molar-refractivity contribution in [2.75, 3.05) is 6.54 Å². The van der Waals surface area contributed by atoms with Crippen LogP contribution in [0.2, 0.25) is 0 Å². The SMILES string of the molecule is NC1=NCC(c2ccc(F)c(F)c2)N1. The molecule has 0 aliphatic carbocycles. The van der Waals surface area contributed by atoms with Gasteiger partial charge in [0.05, 0.1) is 12.6 Å². The van der Waals surface area contributed by atoms with Crippen LogP contribution in [0.3, 0.4) is 0 Å². The normalized spacial score (nSPS) is 20.4. The lowest BCUT2D eigenvalue weighted by atomic mass is 10.1. The summed E-state index contributed by atoms with van der Waals surface area (Å²) < 4.78 is 25.5. The third-order valence-electron chi connectivity index (χ3n) is 2.11. The lowest BCUT2D eigenvalue weighted by Crippen LogP contribution is -2.29. The summed E-state index contributed by atoms with van der Waals surface area (Å²) in [5, 5.41) is 2.86. The molecule has 14 heavy (non-hydrogen) atoms. The summed E-state index contributed by atoms with van der Waals surface area (Å²) >= 11 is 0. The predicted octanol–water partition coefficient (Wildman–Crippen LogP) is 0.924. The molecule has 0 fully saturated rings. The second-order valence-corrected chi connectivity index (χ2v) is 3.10. The van der Waals surface area contributed by atoms with Gasteiger partial charge in [-0.25, -0.2) is 8.78 Å². The second-order valence-electron chi connectivity index (χ2n) is 3.10. The molecule has 3 nitrogen and oxygen atoms in total. The van der Waals surface area contributed by atoms with E-state index >= 15 is 0 Å². The Hall–Kier alpha value is -1.65. The zero-order chi connectivity index (χ0) is 10.1. The molecule has 1 aliphatic heterocycles. The van der Waals surface area contributed by atoms with E-state index in [1.807, 2.05) is 0 Å². The van der Waals surface area contributed by atoms with Crippen molar-refractivity contribution in [3.8, 4) is 0 Å². The molecule has 0 saturated heterocycles. The van der Waals surface area contributed by atoms with Crippen molar-refractivity contribution in [2.24, 2.45) is 10.7 Å². The van der Waals surface area contributed by atoms with Crippen molar-refractivity contribution in [3.05, 3.63) is 35.4 Å². The van der Waals surface area contributed by atoms with Gasteiger partial charge in [-0.3, -0.25) is 4.99 Å². The first-order chi connectivity index (χ1) is 6.66. The van der Waals surface area contributed by atoms with Crippen LogP contribution in [0.4, 0.5) is 8.78 Å². The summed E-state index contributed by atoms with van der Waals surface area (Å²) in [5.74, 6) is -1.37. The van der Waals surface area contributed by atoms with E-state index in [1.54, 1.807) is 0 Å².